The highest BCUT2D eigenvalue weighted by molar-refractivity contribution is 9.10. The Morgan fingerprint density at radius 2 is 2.27 bits per heavy atom. The van der Waals surface area contributed by atoms with E-state index < -0.39 is 0 Å². The van der Waals surface area contributed by atoms with Gasteiger partial charge in [-0.3, -0.25) is 0 Å². The highest BCUT2D eigenvalue weighted by Gasteiger charge is 1.97. The average molecular weight is 213 g/mol. The Balaban J connectivity index is 3.01. The third-order valence-electron chi connectivity index (χ3n) is 1.39. The van der Waals surface area contributed by atoms with Crippen LogP contribution in [0, 0.1) is 0 Å². The minimum atomic E-state index is 0.296. The molecule has 0 radical (unpaired) electrons. The molecule has 0 fully saturated rings. The number of halogens is 1. The summed E-state index contributed by atoms with van der Waals surface area (Å²) < 4.78 is 1.01. The van der Waals surface area contributed by atoms with Gasteiger partial charge in [-0.15, -0.1) is 6.58 Å². The Morgan fingerprint density at radius 3 is 2.91 bits per heavy atom. The van der Waals surface area contributed by atoms with Crippen molar-refractivity contribution >= 4 is 15.9 Å². The van der Waals surface area contributed by atoms with Gasteiger partial charge in [0.15, 0.2) is 0 Å². The van der Waals surface area contributed by atoms with Crippen molar-refractivity contribution in [1.29, 1.82) is 0 Å². The molecule has 1 aromatic rings. The minimum Gasteiger partial charge on any atom is -0.508 e. The van der Waals surface area contributed by atoms with E-state index in [4.69, 9.17) is 5.11 Å². The van der Waals surface area contributed by atoms with Crippen LogP contribution in [-0.2, 0) is 6.42 Å². The maximum Gasteiger partial charge on any atom is 0.115 e. The van der Waals surface area contributed by atoms with Gasteiger partial charge in [0.2, 0.25) is 0 Å². The molecule has 0 saturated carbocycles. The van der Waals surface area contributed by atoms with Crippen LogP contribution in [0.3, 0.4) is 0 Å². The number of rotatable bonds is 2. The van der Waals surface area contributed by atoms with E-state index in [1.165, 1.54) is 0 Å². The first kappa shape index (κ1) is 8.34. The molecule has 0 unspecified atom stereocenters. The third kappa shape index (κ3) is 2.09. The average Bonchev–Trinajstić information content (AvgIpc) is 1.98. The lowest BCUT2D eigenvalue weighted by molar-refractivity contribution is 0.474. The van der Waals surface area contributed by atoms with E-state index in [-0.39, 0.29) is 0 Å². The molecule has 0 heterocycles. The molecule has 0 saturated heterocycles. The molecule has 0 aromatic heterocycles. The van der Waals surface area contributed by atoms with Crippen LogP contribution in [0.2, 0.25) is 0 Å². The van der Waals surface area contributed by atoms with E-state index in [1.807, 2.05) is 6.07 Å². The second-order valence-corrected chi connectivity index (χ2v) is 3.12. The van der Waals surface area contributed by atoms with Crippen LogP contribution in [0.25, 0.3) is 0 Å². The molecule has 2 heteroatoms. The van der Waals surface area contributed by atoms with Crippen molar-refractivity contribution in [2.45, 2.75) is 6.42 Å². The SMILES string of the molecule is C=CCc1cc(O)ccc1Br. The van der Waals surface area contributed by atoms with E-state index in [2.05, 4.69) is 22.5 Å². The fourth-order valence-corrected chi connectivity index (χ4v) is 1.28. The molecule has 0 spiro atoms. The van der Waals surface area contributed by atoms with Crippen molar-refractivity contribution in [3.63, 3.8) is 0 Å². The van der Waals surface area contributed by atoms with Crippen LogP contribution in [0.15, 0.2) is 35.3 Å². The van der Waals surface area contributed by atoms with Crippen LogP contribution in [0.1, 0.15) is 5.56 Å². The number of phenols is 1. The topological polar surface area (TPSA) is 20.2 Å². The Labute approximate surface area is 74.5 Å². The van der Waals surface area contributed by atoms with Crippen LogP contribution in [0.5, 0.6) is 5.75 Å². The fourth-order valence-electron chi connectivity index (χ4n) is 0.873. The van der Waals surface area contributed by atoms with Gasteiger partial charge in [0.1, 0.15) is 5.75 Å². The number of benzene rings is 1. The van der Waals surface area contributed by atoms with Gasteiger partial charge in [0.05, 0.1) is 0 Å². The van der Waals surface area contributed by atoms with Crippen LogP contribution >= 0.6 is 15.9 Å². The molecular formula is C9H9BrO. The molecule has 1 N–H and O–H groups in total. The molecular weight excluding hydrogens is 204 g/mol. The molecule has 11 heavy (non-hydrogen) atoms. The smallest absolute Gasteiger partial charge is 0.115 e. The number of hydrogen-bond donors (Lipinski definition) is 1. The monoisotopic (exact) mass is 212 g/mol. The zero-order chi connectivity index (χ0) is 8.27. The zero-order valence-corrected chi connectivity index (χ0v) is 7.63. The summed E-state index contributed by atoms with van der Waals surface area (Å²) in [5.41, 5.74) is 1.06. The molecule has 1 aromatic carbocycles. The molecule has 1 nitrogen and oxygen atoms in total. The van der Waals surface area contributed by atoms with Crippen molar-refractivity contribution in [2.75, 3.05) is 0 Å². The lowest BCUT2D eigenvalue weighted by Crippen LogP contribution is -1.81. The molecule has 0 aliphatic carbocycles. The summed E-state index contributed by atoms with van der Waals surface area (Å²) in [6, 6.07) is 5.20. The van der Waals surface area contributed by atoms with Gasteiger partial charge in [-0.05, 0) is 30.2 Å². The summed E-state index contributed by atoms with van der Waals surface area (Å²) in [6.45, 7) is 3.62. The van der Waals surface area contributed by atoms with E-state index in [9.17, 15) is 0 Å². The molecule has 0 bridgehead atoms. The van der Waals surface area contributed by atoms with Crippen molar-refractivity contribution in [3.8, 4) is 5.75 Å². The van der Waals surface area contributed by atoms with Crippen molar-refractivity contribution < 1.29 is 5.11 Å². The molecule has 0 aliphatic heterocycles. The summed E-state index contributed by atoms with van der Waals surface area (Å²) in [4.78, 5) is 0. The summed E-state index contributed by atoms with van der Waals surface area (Å²) >= 11 is 3.37. The molecule has 0 amide bonds. The Bertz CT molecular complexity index is 268. The lowest BCUT2D eigenvalue weighted by atomic mass is 10.1. The predicted octanol–water partition coefficient (Wildman–Crippen LogP) is 2.88. The predicted molar refractivity (Wildman–Crippen MR) is 49.7 cm³/mol. The van der Waals surface area contributed by atoms with Gasteiger partial charge in [-0.2, -0.15) is 0 Å². The maximum atomic E-state index is 9.11. The minimum absolute atomic E-state index is 0.296. The highest BCUT2D eigenvalue weighted by Crippen LogP contribution is 2.21. The summed E-state index contributed by atoms with van der Waals surface area (Å²) in [6.07, 6.45) is 2.58. The first-order valence-electron chi connectivity index (χ1n) is 3.32. The Kier molecular flexibility index (Phi) is 2.71. The molecule has 0 atom stereocenters. The number of allylic oxidation sites excluding steroid dienone is 1. The van der Waals surface area contributed by atoms with E-state index in [0.29, 0.717) is 5.75 Å². The first-order chi connectivity index (χ1) is 5.24. The zero-order valence-electron chi connectivity index (χ0n) is 6.05. The quantitative estimate of drug-likeness (QED) is 0.749. The molecule has 58 valence electrons. The van der Waals surface area contributed by atoms with E-state index in [0.717, 1.165) is 16.5 Å². The number of aromatic hydroxyl groups is 1. The van der Waals surface area contributed by atoms with Gasteiger partial charge >= 0.3 is 0 Å². The lowest BCUT2D eigenvalue weighted by Gasteiger charge is -2.00. The number of phenolic OH excluding ortho intramolecular Hbond substituents is 1. The van der Waals surface area contributed by atoms with E-state index in [1.54, 1.807) is 18.2 Å². The van der Waals surface area contributed by atoms with E-state index >= 15 is 0 Å². The molecule has 0 aliphatic rings. The van der Waals surface area contributed by atoms with Crippen LogP contribution in [-0.4, -0.2) is 5.11 Å². The van der Waals surface area contributed by atoms with Crippen molar-refractivity contribution in [3.05, 3.63) is 40.9 Å². The van der Waals surface area contributed by atoms with Gasteiger partial charge < -0.3 is 5.11 Å². The second kappa shape index (κ2) is 3.58. The summed E-state index contributed by atoms with van der Waals surface area (Å²) in [5.74, 6) is 0.296. The van der Waals surface area contributed by atoms with Crippen LogP contribution in [0.4, 0.5) is 0 Å². The number of hydrogen-bond acceptors (Lipinski definition) is 1. The van der Waals surface area contributed by atoms with Crippen molar-refractivity contribution in [1.82, 2.24) is 0 Å². The Morgan fingerprint density at radius 1 is 1.55 bits per heavy atom. The van der Waals surface area contributed by atoms with Gasteiger partial charge in [0, 0.05) is 4.47 Å². The standard InChI is InChI=1S/C9H9BrO/c1-2-3-7-6-8(11)4-5-9(7)10/h2,4-6,11H,1,3H2. The third-order valence-corrected chi connectivity index (χ3v) is 2.17. The fraction of sp³-hybridized carbons (Fsp3) is 0.111. The van der Waals surface area contributed by atoms with Crippen LogP contribution < -0.4 is 0 Å². The van der Waals surface area contributed by atoms with Gasteiger partial charge in [0.25, 0.3) is 0 Å². The normalized spacial score (nSPS) is 9.55. The van der Waals surface area contributed by atoms with Crippen molar-refractivity contribution in [2.24, 2.45) is 0 Å². The maximum absolute atomic E-state index is 9.11. The van der Waals surface area contributed by atoms with Gasteiger partial charge in [-0.25, -0.2) is 0 Å². The summed E-state index contributed by atoms with van der Waals surface area (Å²) in [5, 5.41) is 9.11. The van der Waals surface area contributed by atoms with Gasteiger partial charge in [-0.1, -0.05) is 22.0 Å². The Hall–Kier alpha value is -0.760. The first-order valence-corrected chi connectivity index (χ1v) is 4.11. The highest BCUT2D eigenvalue weighted by atomic mass is 79.9. The molecule has 1 rings (SSSR count). The largest absolute Gasteiger partial charge is 0.508 e. The summed E-state index contributed by atoms with van der Waals surface area (Å²) in [7, 11) is 0. The second-order valence-electron chi connectivity index (χ2n) is 2.27.